The average Bonchev–Trinajstić information content (AvgIpc) is 2.54. The molecule has 0 bridgehead atoms. The second kappa shape index (κ2) is 6.60. The Morgan fingerprint density at radius 3 is 1.36 bits per heavy atom. The van der Waals surface area contributed by atoms with Crippen molar-refractivity contribution in [1.29, 1.82) is 0 Å². The van der Waals surface area contributed by atoms with Crippen LogP contribution >= 0.6 is 0 Å². The molecule has 116 valence electrons. The second-order valence-corrected chi connectivity index (χ2v) is 6.03. The first-order valence-electron chi connectivity index (χ1n) is 7.95. The number of rotatable bonds is 4. The van der Waals surface area contributed by atoms with Crippen LogP contribution in [0, 0.1) is 0 Å². The van der Waals surface area contributed by atoms with Crippen molar-refractivity contribution < 1.29 is 0 Å². The molecular weight excluding hydrogens is 272 g/mol. The van der Waals surface area contributed by atoms with E-state index in [0.29, 0.717) is 12.1 Å². The van der Waals surface area contributed by atoms with Gasteiger partial charge < -0.3 is 22.1 Å². The van der Waals surface area contributed by atoms with Gasteiger partial charge in [0, 0.05) is 34.8 Å². The lowest BCUT2D eigenvalue weighted by molar-refractivity contribution is 0.424. The van der Waals surface area contributed by atoms with Crippen LogP contribution in [0.5, 0.6) is 0 Å². The monoisotopic (exact) mass is 296 g/mol. The van der Waals surface area contributed by atoms with Crippen LogP contribution in [-0.4, -0.2) is 12.1 Å². The van der Waals surface area contributed by atoms with Crippen molar-refractivity contribution >= 4 is 22.7 Å². The largest absolute Gasteiger partial charge is 0.399 e. The van der Waals surface area contributed by atoms with Gasteiger partial charge in [-0.2, -0.15) is 0 Å². The van der Waals surface area contributed by atoms with Gasteiger partial charge in [0.15, 0.2) is 0 Å². The van der Waals surface area contributed by atoms with Crippen LogP contribution in [0.15, 0.2) is 48.5 Å². The van der Waals surface area contributed by atoms with E-state index in [2.05, 4.69) is 10.6 Å². The molecule has 3 rings (SSSR count). The molecule has 0 spiro atoms. The first kappa shape index (κ1) is 14.6. The normalized spacial score (nSPS) is 21.3. The van der Waals surface area contributed by atoms with Gasteiger partial charge in [0.05, 0.1) is 0 Å². The van der Waals surface area contributed by atoms with Gasteiger partial charge in [-0.05, 0) is 61.4 Å². The summed E-state index contributed by atoms with van der Waals surface area (Å²) in [5.41, 5.74) is 15.4. The van der Waals surface area contributed by atoms with Crippen molar-refractivity contribution in [3.8, 4) is 0 Å². The zero-order valence-electron chi connectivity index (χ0n) is 12.8. The molecule has 1 aliphatic rings. The minimum atomic E-state index is 0.426. The lowest BCUT2D eigenvalue weighted by atomic mass is 9.90. The van der Waals surface area contributed by atoms with Crippen LogP contribution in [0.3, 0.4) is 0 Å². The van der Waals surface area contributed by atoms with Crippen molar-refractivity contribution in [3.05, 3.63) is 48.5 Å². The lowest BCUT2D eigenvalue weighted by Gasteiger charge is -2.34. The summed E-state index contributed by atoms with van der Waals surface area (Å²) in [6.45, 7) is 0. The Hall–Kier alpha value is -2.36. The average molecular weight is 296 g/mol. The van der Waals surface area contributed by atoms with Gasteiger partial charge in [0.2, 0.25) is 0 Å². The predicted octanol–water partition coefficient (Wildman–Crippen LogP) is 3.69. The highest BCUT2D eigenvalue weighted by atomic mass is 15.0. The molecule has 0 saturated heterocycles. The molecule has 6 N–H and O–H groups in total. The van der Waals surface area contributed by atoms with Crippen LogP contribution in [0.25, 0.3) is 0 Å². The summed E-state index contributed by atoms with van der Waals surface area (Å²) in [4.78, 5) is 0. The molecule has 0 amide bonds. The number of hydrogen-bond donors (Lipinski definition) is 4. The SMILES string of the molecule is Nc1ccc(NC2CCCCC2Nc2ccc(N)cc2)cc1. The van der Waals surface area contributed by atoms with E-state index < -0.39 is 0 Å². The van der Waals surface area contributed by atoms with E-state index in [1.54, 1.807) is 0 Å². The Balaban J connectivity index is 1.68. The Labute approximate surface area is 131 Å². The smallest absolute Gasteiger partial charge is 0.0462 e. The maximum Gasteiger partial charge on any atom is 0.0462 e. The fourth-order valence-corrected chi connectivity index (χ4v) is 3.06. The first-order valence-corrected chi connectivity index (χ1v) is 7.95. The van der Waals surface area contributed by atoms with Gasteiger partial charge in [-0.1, -0.05) is 12.8 Å². The molecule has 4 heteroatoms. The van der Waals surface area contributed by atoms with E-state index in [9.17, 15) is 0 Å². The minimum Gasteiger partial charge on any atom is -0.399 e. The molecule has 0 radical (unpaired) electrons. The molecule has 0 aromatic heterocycles. The van der Waals surface area contributed by atoms with E-state index in [-0.39, 0.29) is 0 Å². The van der Waals surface area contributed by atoms with Crippen molar-refractivity contribution in [2.75, 3.05) is 22.1 Å². The quantitative estimate of drug-likeness (QED) is 0.649. The van der Waals surface area contributed by atoms with Gasteiger partial charge in [0.25, 0.3) is 0 Å². The summed E-state index contributed by atoms with van der Waals surface area (Å²) in [5, 5.41) is 7.29. The van der Waals surface area contributed by atoms with Crippen LogP contribution in [0.1, 0.15) is 25.7 Å². The zero-order valence-corrected chi connectivity index (χ0v) is 12.8. The predicted molar refractivity (Wildman–Crippen MR) is 95.0 cm³/mol. The van der Waals surface area contributed by atoms with Crippen LogP contribution in [0.4, 0.5) is 22.7 Å². The van der Waals surface area contributed by atoms with E-state index >= 15 is 0 Å². The first-order chi connectivity index (χ1) is 10.7. The number of nitrogens with one attached hydrogen (secondary N) is 2. The summed E-state index contributed by atoms with van der Waals surface area (Å²) in [6.07, 6.45) is 4.90. The van der Waals surface area contributed by atoms with Gasteiger partial charge in [0.1, 0.15) is 0 Å². The number of hydrogen-bond acceptors (Lipinski definition) is 4. The number of nitrogens with two attached hydrogens (primary N) is 2. The third-order valence-corrected chi connectivity index (χ3v) is 4.29. The van der Waals surface area contributed by atoms with E-state index in [1.165, 1.54) is 25.7 Å². The fourth-order valence-electron chi connectivity index (χ4n) is 3.06. The van der Waals surface area contributed by atoms with Gasteiger partial charge in [-0.15, -0.1) is 0 Å². The molecular formula is C18H24N4. The Morgan fingerprint density at radius 2 is 1.00 bits per heavy atom. The molecule has 2 atom stereocenters. The maximum atomic E-state index is 5.75. The Kier molecular flexibility index (Phi) is 4.37. The molecule has 2 unspecified atom stereocenters. The molecule has 1 aliphatic carbocycles. The standard InChI is InChI=1S/C18H24N4/c19-13-5-9-15(10-6-13)21-17-3-1-2-4-18(17)22-16-11-7-14(20)8-12-16/h5-12,17-18,21-22H,1-4,19-20H2. The number of anilines is 4. The summed E-state index contributed by atoms with van der Waals surface area (Å²) in [6, 6.07) is 16.8. The van der Waals surface area contributed by atoms with Gasteiger partial charge in [-0.3, -0.25) is 0 Å². The third kappa shape index (κ3) is 3.64. The molecule has 4 nitrogen and oxygen atoms in total. The zero-order chi connectivity index (χ0) is 15.4. The Bertz CT molecular complexity index is 536. The van der Waals surface area contributed by atoms with E-state index in [0.717, 1.165) is 22.7 Å². The molecule has 2 aromatic carbocycles. The van der Waals surface area contributed by atoms with Crippen LogP contribution in [-0.2, 0) is 0 Å². The molecule has 0 heterocycles. The third-order valence-electron chi connectivity index (χ3n) is 4.29. The highest BCUT2D eigenvalue weighted by molar-refractivity contribution is 5.54. The van der Waals surface area contributed by atoms with Crippen molar-refractivity contribution in [2.24, 2.45) is 0 Å². The molecule has 22 heavy (non-hydrogen) atoms. The van der Waals surface area contributed by atoms with Crippen LogP contribution < -0.4 is 22.1 Å². The topological polar surface area (TPSA) is 76.1 Å². The molecule has 0 aliphatic heterocycles. The molecule has 1 fully saturated rings. The van der Waals surface area contributed by atoms with E-state index in [1.807, 2.05) is 48.5 Å². The molecule has 1 saturated carbocycles. The number of nitrogen functional groups attached to an aromatic ring is 2. The minimum absolute atomic E-state index is 0.426. The summed E-state index contributed by atoms with van der Waals surface area (Å²) >= 11 is 0. The highest BCUT2D eigenvalue weighted by Crippen LogP contribution is 2.26. The summed E-state index contributed by atoms with van der Waals surface area (Å²) in [7, 11) is 0. The second-order valence-electron chi connectivity index (χ2n) is 6.03. The lowest BCUT2D eigenvalue weighted by Crippen LogP contribution is -2.41. The fraction of sp³-hybridized carbons (Fsp3) is 0.333. The van der Waals surface area contributed by atoms with Gasteiger partial charge in [-0.25, -0.2) is 0 Å². The van der Waals surface area contributed by atoms with Crippen molar-refractivity contribution in [3.63, 3.8) is 0 Å². The molecule has 2 aromatic rings. The Morgan fingerprint density at radius 1 is 0.636 bits per heavy atom. The van der Waals surface area contributed by atoms with Crippen LogP contribution in [0.2, 0.25) is 0 Å². The summed E-state index contributed by atoms with van der Waals surface area (Å²) in [5.74, 6) is 0. The van der Waals surface area contributed by atoms with Gasteiger partial charge >= 0.3 is 0 Å². The highest BCUT2D eigenvalue weighted by Gasteiger charge is 2.24. The van der Waals surface area contributed by atoms with E-state index in [4.69, 9.17) is 11.5 Å². The number of benzene rings is 2. The van der Waals surface area contributed by atoms with Crippen molar-refractivity contribution in [1.82, 2.24) is 0 Å². The van der Waals surface area contributed by atoms with Crippen molar-refractivity contribution in [2.45, 2.75) is 37.8 Å². The summed E-state index contributed by atoms with van der Waals surface area (Å²) < 4.78 is 0. The maximum absolute atomic E-state index is 5.75.